The number of nitrogens with zero attached hydrogens (tertiary/aromatic N) is 4. The fraction of sp³-hybridized carbons (Fsp3) is 0.167. The second kappa shape index (κ2) is 9.44. The van der Waals surface area contributed by atoms with Gasteiger partial charge in [-0.15, -0.1) is 11.3 Å². The maximum atomic E-state index is 13.6. The molecule has 0 aliphatic heterocycles. The summed E-state index contributed by atoms with van der Waals surface area (Å²) in [6, 6.07) is 11.6. The molecule has 4 heterocycles. The summed E-state index contributed by atoms with van der Waals surface area (Å²) in [5.41, 5.74) is 3.39. The van der Waals surface area contributed by atoms with Crippen LogP contribution in [0.4, 0.5) is 10.3 Å². The number of rotatable bonds is 8. The zero-order chi connectivity index (χ0) is 23.5. The third-order valence-electron chi connectivity index (χ3n) is 5.08. The van der Waals surface area contributed by atoms with Crippen molar-refractivity contribution < 1.29 is 18.3 Å². The van der Waals surface area contributed by atoms with E-state index in [1.165, 1.54) is 23.5 Å². The highest BCUT2D eigenvalue weighted by molar-refractivity contribution is 7.15. The normalized spacial score (nSPS) is 11.1. The highest BCUT2D eigenvalue weighted by Crippen LogP contribution is 2.35. The van der Waals surface area contributed by atoms with Crippen molar-refractivity contribution in [3.8, 4) is 22.6 Å². The lowest BCUT2D eigenvalue weighted by atomic mass is 10.1. The van der Waals surface area contributed by atoms with Crippen LogP contribution in [-0.4, -0.2) is 31.9 Å². The van der Waals surface area contributed by atoms with E-state index in [0.717, 1.165) is 17.0 Å². The number of thiazole rings is 1. The monoisotopic (exact) mass is 477 g/mol. The van der Waals surface area contributed by atoms with E-state index in [0.29, 0.717) is 41.1 Å². The summed E-state index contributed by atoms with van der Waals surface area (Å²) in [5.74, 6) is 0.507. The minimum atomic E-state index is -0.333. The molecule has 0 fully saturated rings. The molecule has 172 valence electrons. The van der Waals surface area contributed by atoms with Crippen molar-refractivity contribution in [1.82, 2.24) is 19.4 Å². The number of aromatic nitrogens is 4. The van der Waals surface area contributed by atoms with E-state index in [1.54, 1.807) is 37.6 Å². The Morgan fingerprint density at radius 1 is 1.21 bits per heavy atom. The second-order valence-corrected chi connectivity index (χ2v) is 8.18. The van der Waals surface area contributed by atoms with Gasteiger partial charge in [-0.3, -0.25) is 9.20 Å². The first-order valence-electron chi connectivity index (χ1n) is 10.6. The third-order valence-corrected chi connectivity index (χ3v) is 5.96. The fourth-order valence-electron chi connectivity index (χ4n) is 3.60. The number of hydrogen-bond acceptors (Lipinski definition) is 8. The minimum Gasteiger partial charge on any atom is -0.467 e. The SMILES string of the molecule is CCOC(=O)Cc1csc2nc(-c3ccc(F)cc3)c(-c3ccnc(NCc4ccco4)n3)n12. The number of imidazole rings is 1. The third kappa shape index (κ3) is 4.40. The van der Waals surface area contributed by atoms with E-state index in [1.807, 2.05) is 21.9 Å². The van der Waals surface area contributed by atoms with Crippen LogP contribution in [0, 0.1) is 5.82 Å². The first-order chi connectivity index (χ1) is 16.6. The Bertz CT molecular complexity index is 1430. The van der Waals surface area contributed by atoms with Crippen LogP contribution in [0.15, 0.2) is 64.7 Å². The van der Waals surface area contributed by atoms with Crippen molar-refractivity contribution in [2.45, 2.75) is 19.9 Å². The summed E-state index contributed by atoms with van der Waals surface area (Å²) in [4.78, 5) is 26.7. The fourth-order valence-corrected chi connectivity index (χ4v) is 4.49. The minimum absolute atomic E-state index is 0.0920. The molecule has 5 rings (SSSR count). The first kappa shape index (κ1) is 21.8. The molecule has 0 bridgehead atoms. The van der Waals surface area contributed by atoms with Gasteiger partial charge in [0.1, 0.15) is 17.3 Å². The lowest BCUT2D eigenvalue weighted by molar-refractivity contribution is -0.142. The van der Waals surface area contributed by atoms with Gasteiger partial charge in [-0.25, -0.2) is 19.3 Å². The molecule has 1 N–H and O–H groups in total. The number of benzene rings is 1. The first-order valence-corrected chi connectivity index (χ1v) is 11.5. The quantitative estimate of drug-likeness (QED) is 0.315. The number of halogens is 1. The molecule has 10 heteroatoms. The topological polar surface area (TPSA) is 94.5 Å². The van der Waals surface area contributed by atoms with Gasteiger partial charge < -0.3 is 14.5 Å². The van der Waals surface area contributed by atoms with Crippen LogP contribution in [0.25, 0.3) is 27.6 Å². The molecule has 0 aliphatic carbocycles. The Morgan fingerprint density at radius 2 is 2.06 bits per heavy atom. The molecule has 0 aliphatic rings. The second-order valence-electron chi connectivity index (χ2n) is 7.34. The van der Waals surface area contributed by atoms with E-state index in [2.05, 4.69) is 10.3 Å². The molecule has 8 nitrogen and oxygen atoms in total. The molecule has 0 radical (unpaired) electrons. The number of carbonyl (C=O) groups is 1. The maximum absolute atomic E-state index is 13.6. The molecular formula is C24H20FN5O3S. The Hall–Kier alpha value is -4.05. The van der Waals surface area contributed by atoms with Crippen molar-refractivity contribution >= 4 is 28.2 Å². The van der Waals surface area contributed by atoms with E-state index >= 15 is 0 Å². The van der Waals surface area contributed by atoms with E-state index in [9.17, 15) is 9.18 Å². The van der Waals surface area contributed by atoms with Crippen LogP contribution in [0.2, 0.25) is 0 Å². The molecule has 0 saturated carbocycles. The van der Waals surface area contributed by atoms with Gasteiger partial charge in [-0.1, -0.05) is 0 Å². The molecule has 5 aromatic rings. The van der Waals surface area contributed by atoms with Gasteiger partial charge in [0.25, 0.3) is 0 Å². The summed E-state index contributed by atoms with van der Waals surface area (Å²) >= 11 is 1.41. The van der Waals surface area contributed by atoms with Crippen molar-refractivity contribution in [1.29, 1.82) is 0 Å². The Kier molecular flexibility index (Phi) is 6.05. The number of nitrogens with one attached hydrogen (secondary N) is 1. The average Bonchev–Trinajstić information content (AvgIpc) is 3.57. The zero-order valence-electron chi connectivity index (χ0n) is 18.2. The number of anilines is 1. The van der Waals surface area contributed by atoms with Crippen LogP contribution < -0.4 is 5.32 Å². The smallest absolute Gasteiger partial charge is 0.311 e. The van der Waals surface area contributed by atoms with Gasteiger partial charge in [-0.05, 0) is 49.4 Å². The van der Waals surface area contributed by atoms with Crippen LogP contribution in [-0.2, 0) is 22.5 Å². The molecule has 34 heavy (non-hydrogen) atoms. The van der Waals surface area contributed by atoms with Gasteiger partial charge >= 0.3 is 5.97 Å². The number of carbonyl (C=O) groups excluding carboxylic acids is 1. The van der Waals surface area contributed by atoms with E-state index in [-0.39, 0.29) is 18.2 Å². The molecule has 0 atom stereocenters. The van der Waals surface area contributed by atoms with Crippen molar-refractivity contribution in [3.05, 3.63) is 77.6 Å². The highest BCUT2D eigenvalue weighted by atomic mass is 32.1. The Morgan fingerprint density at radius 3 is 2.82 bits per heavy atom. The van der Waals surface area contributed by atoms with Gasteiger partial charge in [0.2, 0.25) is 5.95 Å². The van der Waals surface area contributed by atoms with Crippen LogP contribution in [0.3, 0.4) is 0 Å². The van der Waals surface area contributed by atoms with Crippen molar-refractivity contribution in [3.63, 3.8) is 0 Å². The summed E-state index contributed by atoms with van der Waals surface area (Å²) in [5, 5.41) is 5.04. The van der Waals surface area contributed by atoms with E-state index in [4.69, 9.17) is 19.1 Å². The molecular weight excluding hydrogens is 457 g/mol. The number of ether oxygens (including phenoxy) is 1. The van der Waals surface area contributed by atoms with Gasteiger partial charge in [0.15, 0.2) is 4.96 Å². The molecule has 4 aromatic heterocycles. The van der Waals surface area contributed by atoms with Crippen LogP contribution in [0.1, 0.15) is 18.4 Å². The predicted octanol–water partition coefficient (Wildman–Crippen LogP) is 4.97. The summed E-state index contributed by atoms with van der Waals surface area (Å²) in [6.45, 7) is 2.50. The number of furan rings is 1. The Balaban J connectivity index is 1.60. The molecule has 0 spiro atoms. The summed E-state index contributed by atoms with van der Waals surface area (Å²) in [7, 11) is 0. The molecule has 0 amide bonds. The maximum Gasteiger partial charge on any atom is 0.311 e. The largest absolute Gasteiger partial charge is 0.467 e. The number of fused-ring (bicyclic) bond motifs is 1. The zero-order valence-corrected chi connectivity index (χ0v) is 19.0. The lowest BCUT2D eigenvalue weighted by Gasteiger charge is -2.09. The number of esters is 1. The Labute approximate surface area is 198 Å². The molecule has 0 unspecified atom stereocenters. The van der Waals surface area contributed by atoms with Gasteiger partial charge in [-0.2, -0.15) is 0 Å². The molecule has 0 saturated heterocycles. The lowest BCUT2D eigenvalue weighted by Crippen LogP contribution is -2.10. The standard InChI is InChI=1S/C24H20FN5O3S/c1-2-32-20(31)12-17-14-34-24-29-21(15-5-7-16(25)8-6-15)22(30(17)24)19-9-10-26-23(28-19)27-13-18-4-3-11-33-18/h3-11,14H,2,12-13H2,1H3,(H,26,27,28). The summed E-state index contributed by atoms with van der Waals surface area (Å²) < 4.78 is 26.0. The number of hydrogen-bond donors (Lipinski definition) is 1. The van der Waals surface area contributed by atoms with Crippen molar-refractivity contribution in [2.24, 2.45) is 0 Å². The van der Waals surface area contributed by atoms with Crippen LogP contribution in [0.5, 0.6) is 0 Å². The van der Waals surface area contributed by atoms with Gasteiger partial charge in [0, 0.05) is 22.8 Å². The average molecular weight is 478 g/mol. The van der Waals surface area contributed by atoms with Gasteiger partial charge in [0.05, 0.1) is 37.2 Å². The summed E-state index contributed by atoms with van der Waals surface area (Å²) in [6.07, 6.45) is 3.35. The van der Waals surface area contributed by atoms with Crippen molar-refractivity contribution in [2.75, 3.05) is 11.9 Å². The van der Waals surface area contributed by atoms with Crippen LogP contribution >= 0.6 is 11.3 Å². The van der Waals surface area contributed by atoms with E-state index < -0.39 is 0 Å². The highest BCUT2D eigenvalue weighted by Gasteiger charge is 2.22. The molecule has 1 aromatic carbocycles. The predicted molar refractivity (Wildman–Crippen MR) is 126 cm³/mol.